The lowest BCUT2D eigenvalue weighted by molar-refractivity contribution is -0.116. The summed E-state index contributed by atoms with van der Waals surface area (Å²) in [6.07, 6.45) is 6.51. The third-order valence-corrected chi connectivity index (χ3v) is 2.95. The van der Waals surface area contributed by atoms with Crippen molar-refractivity contribution in [1.82, 2.24) is 10.3 Å². The van der Waals surface area contributed by atoms with Crippen molar-refractivity contribution >= 4 is 18.0 Å². The molecule has 5 heteroatoms. The molecule has 1 amide bonds. The zero-order chi connectivity index (χ0) is 15.8. The number of esters is 1. The first kappa shape index (κ1) is 15.4. The number of methoxy groups -OCH3 is 1. The van der Waals surface area contributed by atoms with Crippen molar-refractivity contribution in [1.29, 1.82) is 0 Å². The lowest BCUT2D eigenvalue weighted by atomic mass is 10.1. The van der Waals surface area contributed by atoms with Crippen molar-refractivity contribution in [3.8, 4) is 0 Å². The predicted octanol–water partition coefficient (Wildman–Crippen LogP) is 2.20. The standard InChI is InChI=1S/C17H16N2O3/c1-22-17(21)15-7-4-14(5-8-15)12-19-16(20)9-6-13-3-2-10-18-11-13/h2-11H,12H2,1H3,(H,19,20)/b9-6+. The van der Waals surface area contributed by atoms with Crippen LogP contribution in [-0.4, -0.2) is 24.0 Å². The largest absolute Gasteiger partial charge is 0.465 e. The molecule has 22 heavy (non-hydrogen) atoms. The summed E-state index contributed by atoms with van der Waals surface area (Å²) in [5, 5.41) is 2.77. The third-order valence-electron chi connectivity index (χ3n) is 2.95. The van der Waals surface area contributed by atoms with Crippen LogP contribution in [0, 0.1) is 0 Å². The number of ether oxygens (including phenoxy) is 1. The van der Waals surface area contributed by atoms with Crippen LogP contribution < -0.4 is 5.32 Å². The van der Waals surface area contributed by atoms with Gasteiger partial charge in [0.1, 0.15) is 0 Å². The zero-order valence-corrected chi connectivity index (χ0v) is 12.2. The summed E-state index contributed by atoms with van der Waals surface area (Å²) in [6.45, 7) is 0.387. The molecule has 0 saturated heterocycles. The maximum absolute atomic E-state index is 11.7. The van der Waals surface area contributed by atoms with Gasteiger partial charge in [0.2, 0.25) is 5.91 Å². The highest BCUT2D eigenvalue weighted by Crippen LogP contribution is 2.05. The van der Waals surface area contributed by atoms with E-state index in [1.54, 1.807) is 48.8 Å². The Bertz CT molecular complexity index is 664. The quantitative estimate of drug-likeness (QED) is 0.678. The van der Waals surface area contributed by atoms with Gasteiger partial charge in [-0.05, 0) is 35.4 Å². The minimum Gasteiger partial charge on any atom is -0.465 e. The SMILES string of the molecule is COC(=O)c1ccc(CNC(=O)/C=C/c2cccnc2)cc1. The van der Waals surface area contributed by atoms with E-state index in [9.17, 15) is 9.59 Å². The lowest BCUT2D eigenvalue weighted by Crippen LogP contribution is -2.20. The molecule has 1 N–H and O–H groups in total. The maximum atomic E-state index is 11.7. The Morgan fingerprint density at radius 2 is 2.00 bits per heavy atom. The number of carbonyl (C=O) groups is 2. The topological polar surface area (TPSA) is 68.3 Å². The Morgan fingerprint density at radius 1 is 1.23 bits per heavy atom. The minimum absolute atomic E-state index is 0.194. The zero-order valence-electron chi connectivity index (χ0n) is 12.2. The van der Waals surface area contributed by atoms with Crippen LogP contribution in [0.15, 0.2) is 54.9 Å². The van der Waals surface area contributed by atoms with Crippen molar-refractivity contribution < 1.29 is 14.3 Å². The first-order chi connectivity index (χ1) is 10.7. The average Bonchev–Trinajstić information content (AvgIpc) is 2.58. The van der Waals surface area contributed by atoms with E-state index in [0.29, 0.717) is 12.1 Å². The lowest BCUT2D eigenvalue weighted by Gasteiger charge is -2.04. The molecule has 0 spiro atoms. The summed E-state index contributed by atoms with van der Waals surface area (Å²) >= 11 is 0. The molecule has 0 bridgehead atoms. The summed E-state index contributed by atoms with van der Waals surface area (Å²) in [6, 6.07) is 10.6. The highest BCUT2D eigenvalue weighted by molar-refractivity contribution is 5.91. The van der Waals surface area contributed by atoms with Crippen LogP contribution in [0.3, 0.4) is 0 Å². The Balaban J connectivity index is 1.86. The van der Waals surface area contributed by atoms with E-state index < -0.39 is 0 Å². The second-order valence-electron chi connectivity index (χ2n) is 4.53. The number of hydrogen-bond donors (Lipinski definition) is 1. The Morgan fingerprint density at radius 3 is 2.64 bits per heavy atom. The molecule has 1 heterocycles. The van der Waals surface area contributed by atoms with E-state index >= 15 is 0 Å². The Labute approximate surface area is 128 Å². The number of pyridine rings is 1. The molecular weight excluding hydrogens is 280 g/mol. The average molecular weight is 296 g/mol. The summed E-state index contributed by atoms with van der Waals surface area (Å²) in [4.78, 5) is 27.0. The molecule has 0 aliphatic carbocycles. The van der Waals surface area contributed by atoms with Crippen LogP contribution >= 0.6 is 0 Å². The maximum Gasteiger partial charge on any atom is 0.337 e. The van der Waals surface area contributed by atoms with Gasteiger partial charge in [-0.1, -0.05) is 18.2 Å². The van der Waals surface area contributed by atoms with Gasteiger partial charge in [0, 0.05) is 25.0 Å². The van der Waals surface area contributed by atoms with Gasteiger partial charge < -0.3 is 10.1 Å². The number of carbonyl (C=O) groups excluding carboxylic acids is 2. The molecule has 0 radical (unpaired) electrons. The van der Waals surface area contributed by atoms with Crippen LogP contribution in [-0.2, 0) is 16.1 Å². The van der Waals surface area contributed by atoms with Gasteiger partial charge >= 0.3 is 5.97 Å². The normalized spacial score (nSPS) is 10.4. The number of amides is 1. The van der Waals surface area contributed by atoms with Gasteiger partial charge in [0.15, 0.2) is 0 Å². The van der Waals surface area contributed by atoms with E-state index in [1.807, 2.05) is 6.07 Å². The molecule has 112 valence electrons. The molecule has 0 aliphatic heterocycles. The van der Waals surface area contributed by atoms with Crippen LogP contribution in [0.25, 0.3) is 6.08 Å². The molecule has 0 atom stereocenters. The molecule has 0 fully saturated rings. The summed E-state index contributed by atoms with van der Waals surface area (Å²) in [5.74, 6) is -0.573. The minimum atomic E-state index is -0.380. The molecule has 0 unspecified atom stereocenters. The highest BCUT2D eigenvalue weighted by atomic mass is 16.5. The van der Waals surface area contributed by atoms with Gasteiger partial charge in [-0.15, -0.1) is 0 Å². The molecule has 2 aromatic rings. The van der Waals surface area contributed by atoms with E-state index in [0.717, 1.165) is 11.1 Å². The second kappa shape index (κ2) is 7.73. The Hall–Kier alpha value is -2.95. The van der Waals surface area contributed by atoms with E-state index in [2.05, 4.69) is 15.0 Å². The fourth-order valence-corrected chi connectivity index (χ4v) is 1.77. The van der Waals surface area contributed by atoms with E-state index in [4.69, 9.17) is 0 Å². The van der Waals surface area contributed by atoms with Crippen molar-refractivity contribution in [3.63, 3.8) is 0 Å². The van der Waals surface area contributed by atoms with Gasteiger partial charge in [0.05, 0.1) is 12.7 Å². The van der Waals surface area contributed by atoms with Crippen molar-refractivity contribution in [2.24, 2.45) is 0 Å². The molecular formula is C17H16N2O3. The third kappa shape index (κ3) is 4.56. The molecule has 1 aromatic heterocycles. The van der Waals surface area contributed by atoms with Gasteiger partial charge in [0.25, 0.3) is 0 Å². The fourth-order valence-electron chi connectivity index (χ4n) is 1.77. The van der Waals surface area contributed by atoms with Crippen molar-refractivity contribution in [2.45, 2.75) is 6.54 Å². The Kier molecular flexibility index (Phi) is 5.43. The fraction of sp³-hybridized carbons (Fsp3) is 0.118. The monoisotopic (exact) mass is 296 g/mol. The first-order valence-electron chi connectivity index (χ1n) is 6.72. The van der Waals surface area contributed by atoms with Crippen molar-refractivity contribution in [3.05, 3.63) is 71.6 Å². The molecule has 0 aliphatic rings. The summed E-state index contributed by atoms with van der Waals surface area (Å²) in [5.41, 5.74) is 2.24. The second-order valence-corrected chi connectivity index (χ2v) is 4.53. The van der Waals surface area contributed by atoms with Crippen molar-refractivity contribution in [2.75, 3.05) is 7.11 Å². The van der Waals surface area contributed by atoms with Crippen LogP contribution in [0.2, 0.25) is 0 Å². The summed E-state index contributed by atoms with van der Waals surface area (Å²) in [7, 11) is 1.34. The first-order valence-corrected chi connectivity index (χ1v) is 6.72. The summed E-state index contributed by atoms with van der Waals surface area (Å²) < 4.78 is 4.63. The number of nitrogens with one attached hydrogen (secondary N) is 1. The number of rotatable bonds is 5. The molecule has 1 aromatic carbocycles. The molecule has 5 nitrogen and oxygen atoms in total. The molecule has 0 saturated carbocycles. The smallest absolute Gasteiger partial charge is 0.337 e. The van der Waals surface area contributed by atoms with Crippen LogP contribution in [0.4, 0.5) is 0 Å². The number of aromatic nitrogens is 1. The van der Waals surface area contributed by atoms with E-state index in [-0.39, 0.29) is 11.9 Å². The van der Waals surface area contributed by atoms with Gasteiger partial charge in [-0.25, -0.2) is 4.79 Å². The molecule has 2 rings (SSSR count). The van der Waals surface area contributed by atoms with Gasteiger partial charge in [-0.3, -0.25) is 9.78 Å². The predicted molar refractivity (Wildman–Crippen MR) is 82.9 cm³/mol. The number of hydrogen-bond acceptors (Lipinski definition) is 4. The highest BCUT2D eigenvalue weighted by Gasteiger charge is 2.04. The van der Waals surface area contributed by atoms with Crippen LogP contribution in [0.1, 0.15) is 21.5 Å². The van der Waals surface area contributed by atoms with E-state index in [1.165, 1.54) is 13.2 Å². The van der Waals surface area contributed by atoms with Gasteiger partial charge in [-0.2, -0.15) is 0 Å². The number of benzene rings is 1. The number of nitrogens with zero attached hydrogens (tertiary/aromatic N) is 1. The van der Waals surface area contributed by atoms with Crippen LogP contribution in [0.5, 0.6) is 0 Å².